The van der Waals surface area contributed by atoms with Crippen LogP contribution in [0.5, 0.6) is 0 Å². The van der Waals surface area contributed by atoms with Crippen molar-refractivity contribution in [3.8, 4) is 0 Å². The molecular weight excluding hydrogens is 321 g/mol. The Labute approximate surface area is 135 Å². The van der Waals surface area contributed by atoms with Crippen LogP contribution in [0.3, 0.4) is 0 Å². The average molecular weight is 342 g/mol. The van der Waals surface area contributed by atoms with Gasteiger partial charge in [0.2, 0.25) is 0 Å². The number of hydrogen-bond acceptors (Lipinski definition) is 4. The van der Waals surface area contributed by atoms with E-state index >= 15 is 0 Å². The first-order valence-corrected chi connectivity index (χ1v) is 11.5. The Morgan fingerprint density at radius 2 is 1.57 bits per heavy atom. The first kappa shape index (κ1) is 18.5. The molecule has 0 saturated heterocycles. The summed E-state index contributed by atoms with van der Waals surface area (Å²) in [5, 5.41) is 0. The topological polar surface area (TPSA) is 80.9 Å². The maximum atomic E-state index is 7.33. The van der Waals surface area contributed by atoms with Gasteiger partial charge in [-0.05, 0) is 0 Å². The van der Waals surface area contributed by atoms with Gasteiger partial charge in [-0.15, -0.1) is 0 Å². The van der Waals surface area contributed by atoms with Gasteiger partial charge in [-0.1, -0.05) is 0 Å². The van der Waals surface area contributed by atoms with E-state index in [1.165, 1.54) is 25.7 Å². The summed E-state index contributed by atoms with van der Waals surface area (Å²) in [6.07, 6.45) is 5.77. The number of hydrogen-bond donors (Lipinski definition) is 4. The van der Waals surface area contributed by atoms with Crippen LogP contribution in [0.25, 0.3) is 0 Å². The monoisotopic (exact) mass is 342 g/mol. The first-order chi connectivity index (χ1) is 6.35. The third-order valence-electron chi connectivity index (χ3n) is 2.12. The zero-order valence-corrected chi connectivity index (χ0v) is 16.7. The van der Waals surface area contributed by atoms with Crippen molar-refractivity contribution in [2.24, 2.45) is 5.92 Å². The van der Waals surface area contributed by atoms with Crippen LogP contribution < -0.4 is 0 Å². The smallest absolute Gasteiger partial charge is 0.368 e. The Morgan fingerprint density at radius 3 is 1.79 bits per heavy atom. The molecule has 0 aromatic rings. The molecule has 0 amide bonds. The predicted octanol–water partition coefficient (Wildman–Crippen LogP) is 0.181. The Hall–Kier alpha value is 2.11. The van der Waals surface area contributed by atoms with Crippen molar-refractivity contribution in [2.45, 2.75) is 37.4 Å². The molecule has 0 fully saturated rings. The molecular formula is C8H21CsO4Si. The summed E-state index contributed by atoms with van der Waals surface area (Å²) >= 11 is 0.861. The average Bonchev–Trinajstić information content (AvgIpc) is 2.04. The van der Waals surface area contributed by atoms with E-state index in [0.29, 0.717) is 0 Å². The molecule has 0 aliphatic carbocycles. The van der Waals surface area contributed by atoms with E-state index in [1.54, 1.807) is -2.15 Å². The second-order valence-corrected chi connectivity index (χ2v) is 7.19. The van der Waals surface area contributed by atoms with Crippen LogP contribution in [0.2, 0.25) is -2.15 Å². The molecule has 0 bridgehead atoms. The SMILES string of the molecule is CCCCC(CC)[CH2][Cs].O[Si](O)(O)O. The van der Waals surface area contributed by atoms with Crippen LogP contribution in [0.15, 0.2) is 0 Å². The van der Waals surface area contributed by atoms with E-state index in [2.05, 4.69) is 13.8 Å². The van der Waals surface area contributed by atoms with Crippen molar-refractivity contribution in [1.29, 1.82) is 0 Å². The molecule has 0 aromatic carbocycles. The van der Waals surface area contributed by atoms with Crippen LogP contribution >= 0.6 is 0 Å². The van der Waals surface area contributed by atoms with Gasteiger partial charge >= 0.3 is 118 Å². The molecule has 14 heavy (non-hydrogen) atoms. The van der Waals surface area contributed by atoms with Crippen molar-refractivity contribution in [2.75, 3.05) is 0 Å². The summed E-state index contributed by atoms with van der Waals surface area (Å²) in [5.74, 6) is 1.10. The zero-order valence-electron chi connectivity index (χ0n) is 9.40. The minimum absolute atomic E-state index is 0.861. The largest absolute Gasteiger partial charge is 0.668 e. The fraction of sp³-hybridized carbons (Fsp3) is 1.00. The van der Waals surface area contributed by atoms with Gasteiger partial charge in [-0.2, -0.15) is 0 Å². The summed E-state index contributed by atoms with van der Waals surface area (Å²) < 4.78 is 1.59. The molecule has 0 spiro atoms. The van der Waals surface area contributed by atoms with E-state index in [-0.39, 0.29) is 0 Å². The van der Waals surface area contributed by atoms with E-state index in [0.717, 1.165) is 71.8 Å². The maximum absolute atomic E-state index is 7.33. The molecule has 0 aliphatic rings. The zero-order chi connectivity index (χ0) is 11.6. The van der Waals surface area contributed by atoms with Crippen LogP contribution in [-0.4, -0.2) is 94.2 Å². The fourth-order valence-electron chi connectivity index (χ4n) is 1.19. The third kappa shape index (κ3) is 23.7. The Bertz CT molecular complexity index is 108. The van der Waals surface area contributed by atoms with Gasteiger partial charge in [0.25, 0.3) is 0 Å². The van der Waals surface area contributed by atoms with Crippen molar-refractivity contribution >= 4 is 75.0 Å². The van der Waals surface area contributed by atoms with Crippen LogP contribution in [0, 0.1) is 5.92 Å². The minimum atomic E-state index is -4.61. The molecule has 0 aromatic heterocycles. The van der Waals surface area contributed by atoms with Gasteiger partial charge < -0.3 is 19.2 Å². The van der Waals surface area contributed by atoms with Gasteiger partial charge in [-0.3, -0.25) is 0 Å². The van der Waals surface area contributed by atoms with Gasteiger partial charge in [0, 0.05) is 0 Å². The van der Waals surface area contributed by atoms with Crippen molar-refractivity contribution in [3.63, 3.8) is 0 Å². The van der Waals surface area contributed by atoms with E-state index in [9.17, 15) is 0 Å². The molecule has 0 aliphatic heterocycles. The Kier molecular flexibility index (Phi) is 15.3. The first-order valence-electron chi connectivity index (χ1n) is 5.24. The van der Waals surface area contributed by atoms with Crippen LogP contribution in [-0.2, 0) is 0 Å². The van der Waals surface area contributed by atoms with Gasteiger partial charge in [0.1, 0.15) is 0 Å². The van der Waals surface area contributed by atoms with Crippen LogP contribution in [0.1, 0.15) is 39.5 Å². The van der Waals surface area contributed by atoms with Gasteiger partial charge in [-0.25, -0.2) is 0 Å². The van der Waals surface area contributed by atoms with E-state index < -0.39 is 9.05 Å². The Morgan fingerprint density at radius 1 is 1.14 bits per heavy atom. The summed E-state index contributed by atoms with van der Waals surface area (Å²) in [5.41, 5.74) is 0. The minimum Gasteiger partial charge on any atom is -0.368 e. The van der Waals surface area contributed by atoms with E-state index in [1.807, 2.05) is 0 Å². The van der Waals surface area contributed by atoms with Gasteiger partial charge in [0.05, 0.1) is 0 Å². The molecule has 0 rings (SSSR count). The number of unbranched alkanes of at least 4 members (excludes halogenated alkanes) is 1. The molecule has 82 valence electrons. The predicted molar refractivity (Wildman–Crippen MR) is 58.5 cm³/mol. The molecule has 0 saturated carbocycles. The summed E-state index contributed by atoms with van der Waals surface area (Å²) in [6, 6.07) is 0. The van der Waals surface area contributed by atoms with Gasteiger partial charge in [0.15, 0.2) is 0 Å². The summed E-state index contributed by atoms with van der Waals surface area (Å²) in [4.78, 5) is 29.3. The quantitative estimate of drug-likeness (QED) is 0.538. The molecule has 1 unspecified atom stereocenters. The maximum Gasteiger partial charge on any atom is 0.668 e. The molecule has 4 N–H and O–H groups in total. The number of rotatable bonds is 5. The molecule has 1 atom stereocenters. The molecule has 4 nitrogen and oxygen atoms in total. The summed E-state index contributed by atoms with van der Waals surface area (Å²) in [6.45, 7) is 4.62. The van der Waals surface area contributed by atoms with Crippen molar-refractivity contribution in [3.05, 3.63) is 0 Å². The fourth-order valence-corrected chi connectivity index (χ4v) is 4.28. The third-order valence-corrected chi connectivity index (χ3v) is 5.75. The summed E-state index contributed by atoms with van der Waals surface area (Å²) in [7, 11) is -4.61. The standard InChI is InChI=1S/C8H17.Cs.H4O4Si/c1-4-6-7-8(3)5-2;;1-5(2,3)4/h8H,3-7H2,1-2H3;;1-4H. The van der Waals surface area contributed by atoms with Crippen molar-refractivity contribution < 1.29 is 19.2 Å². The molecule has 0 radical (unpaired) electrons. The second-order valence-electron chi connectivity index (χ2n) is 3.42. The molecule has 0 heterocycles. The van der Waals surface area contributed by atoms with Crippen LogP contribution in [0.4, 0.5) is 0 Å². The van der Waals surface area contributed by atoms with Crippen molar-refractivity contribution in [1.82, 2.24) is 0 Å². The Balaban J connectivity index is 0. The normalized spacial score (nSPS) is 13.1. The molecule has 6 heteroatoms. The van der Waals surface area contributed by atoms with E-state index in [4.69, 9.17) is 19.2 Å². The second kappa shape index (κ2) is 11.6.